The van der Waals surface area contributed by atoms with Gasteiger partial charge in [0.2, 0.25) is 0 Å². The van der Waals surface area contributed by atoms with Crippen LogP contribution in [0.2, 0.25) is 0 Å². The lowest BCUT2D eigenvalue weighted by Gasteiger charge is -2.35. The molecule has 5 rings (SSSR count). The molecule has 0 fully saturated rings. The monoisotopic (exact) mass is 404 g/mol. The molecule has 2 aliphatic rings. The Kier molecular flexibility index (Phi) is 4.75. The molecule has 1 aromatic carbocycles. The number of aliphatic hydroxyl groups excluding tert-OH is 1. The Labute approximate surface area is 175 Å². The molecule has 0 saturated heterocycles. The summed E-state index contributed by atoms with van der Waals surface area (Å²) in [5.41, 5.74) is 4.97. The van der Waals surface area contributed by atoms with E-state index in [1.807, 2.05) is 24.3 Å². The molecule has 1 atom stereocenters. The van der Waals surface area contributed by atoms with Gasteiger partial charge in [-0.2, -0.15) is 0 Å². The van der Waals surface area contributed by atoms with Gasteiger partial charge >= 0.3 is 0 Å². The highest BCUT2D eigenvalue weighted by atomic mass is 16.5. The number of aliphatic hydroxyl groups is 1. The first-order valence-electron chi connectivity index (χ1n) is 10.2. The molecule has 1 aliphatic carbocycles. The largest absolute Gasteiger partial charge is 0.496 e. The fourth-order valence-corrected chi connectivity index (χ4v) is 4.54. The summed E-state index contributed by atoms with van der Waals surface area (Å²) in [5.74, 6) is 3.03. The standard InChI is InChI=1S/C23H24N4O3/c1-29-19-6-7-20(30-2)21-16(19)12-27(13-18(21)28)23-15-4-3-5-17(15)25-22(26-23)14-8-10-24-11-9-14/h6-11,18,28H,3-5,12-13H2,1-2H3. The van der Waals surface area contributed by atoms with Crippen LogP contribution in [0.1, 0.15) is 34.9 Å². The average Bonchev–Trinajstić information content (AvgIpc) is 3.27. The van der Waals surface area contributed by atoms with Crippen LogP contribution in [0.3, 0.4) is 0 Å². The second-order valence-electron chi connectivity index (χ2n) is 7.64. The number of aromatic nitrogens is 3. The van der Waals surface area contributed by atoms with Gasteiger partial charge in [-0.25, -0.2) is 9.97 Å². The topological polar surface area (TPSA) is 80.6 Å². The van der Waals surface area contributed by atoms with E-state index in [2.05, 4.69) is 9.88 Å². The summed E-state index contributed by atoms with van der Waals surface area (Å²) in [6.45, 7) is 1.03. The molecule has 7 heteroatoms. The van der Waals surface area contributed by atoms with Gasteiger partial charge in [0, 0.05) is 46.9 Å². The highest BCUT2D eigenvalue weighted by Gasteiger charge is 2.33. The van der Waals surface area contributed by atoms with Gasteiger partial charge in [0.1, 0.15) is 23.4 Å². The Morgan fingerprint density at radius 2 is 1.73 bits per heavy atom. The summed E-state index contributed by atoms with van der Waals surface area (Å²) in [5, 5.41) is 11.0. The molecule has 1 unspecified atom stereocenters. The number of aryl methyl sites for hydroxylation is 1. The molecule has 1 N–H and O–H groups in total. The molecule has 3 heterocycles. The molecule has 0 saturated carbocycles. The number of anilines is 1. The fourth-order valence-electron chi connectivity index (χ4n) is 4.54. The van der Waals surface area contributed by atoms with Crippen LogP contribution in [-0.2, 0) is 19.4 Å². The van der Waals surface area contributed by atoms with Crippen molar-refractivity contribution in [1.82, 2.24) is 15.0 Å². The Morgan fingerprint density at radius 1 is 0.967 bits per heavy atom. The molecule has 0 amide bonds. The Balaban J connectivity index is 1.61. The zero-order valence-corrected chi connectivity index (χ0v) is 17.1. The maximum absolute atomic E-state index is 11.0. The van der Waals surface area contributed by atoms with Crippen molar-refractivity contribution in [1.29, 1.82) is 0 Å². The predicted octanol–water partition coefficient (Wildman–Crippen LogP) is 3.10. The number of methoxy groups -OCH3 is 2. The van der Waals surface area contributed by atoms with Crippen LogP contribution in [0.4, 0.5) is 5.82 Å². The minimum atomic E-state index is -0.699. The van der Waals surface area contributed by atoms with Gasteiger partial charge in [-0.15, -0.1) is 0 Å². The molecule has 1 aliphatic heterocycles. The Morgan fingerprint density at radius 3 is 2.50 bits per heavy atom. The van der Waals surface area contributed by atoms with Crippen LogP contribution in [0.15, 0.2) is 36.7 Å². The van der Waals surface area contributed by atoms with E-state index in [0.29, 0.717) is 24.7 Å². The van der Waals surface area contributed by atoms with E-state index in [1.54, 1.807) is 26.6 Å². The first-order valence-corrected chi connectivity index (χ1v) is 10.2. The van der Waals surface area contributed by atoms with Gasteiger partial charge in [0.25, 0.3) is 0 Å². The SMILES string of the molecule is COc1ccc(OC)c2c1CN(c1nc(-c3ccncc3)nc3c1CCC3)CC2O. The highest BCUT2D eigenvalue weighted by molar-refractivity contribution is 5.63. The summed E-state index contributed by atoms with van der Waals surface area (Å²) < 4.78 is 11.1. The Hall–Kier alpha value is -3.19. The van der Waals surface area contributed by atoms with Crippen molar-refractivity contribution in [2.45, 2.75) is 31.9 Å². The molecule has 7 nitrogen and oxygen atoms in total. The number of fused-ring (bicyclic) bond motifs is 2. The van der Waals surface area contributed by atoms with E-state index in [4.69, 9.17) is 19.4 Å². The fraction of sp³-hybridized carbons (Fsp3) is 0.348. The molecule has 0 spiro atoms. The number of nitrogens with zero attached hydrogens (tertiary/aromatic N) is 4. The van der Waals surface area contributed by atoms with Crippen LogP contribution in [0, 0.1) is 0 Å². The lowest BCUT2D eigenvalue weighted by Crippen LogP contribution is -2.35. The average molecular weight is 404 g/mol. The van der Waals surface area contributed by atoms with Crippen LogP contribution in [0.5, 0.6) is 11.5 Å². The normalized spacial score (nSPS) is 17.4. The predicted molar refractivity (Wildman–Crippen MR) is 113 cm³/mol. The van der Waals surface area contributed by atoms with Crippen molar-refractivity contribution >= 4 is 5.82 Å². The van der Waals surface area contributed by atoms with Crippen LogP contribution in [-0.4, -0.2) is 40.8 Å². The maximum Gasteiger partial charge on any atom is 0.161 e. The molecule has 2 aromatic heterocycles. The van der Waals surface area contributed by atoms with Crippen LogP contribution < -0.4 is 14.4 Å². The van der Waals surface area contributed by atoms with Gasteiger partial charge in [-0.1, -0.05) is 0 Å². The minimum absolute atomic E-state index is 0.440. The number of ether oxygens (including phenoxy) is 2. The number of rotatable bonds is 4. The molecule has 0 bridgehead atoms. The van der Waals surface area contributed by atoms with Crippen molar-refractivity contribution in [3.63, 3.8) is 0 Å². The van der Waals surface area contributed by atoms with Crippen molar-refractivity contribution < 1.29 is 14.6 Å². The van der Waals surface area contributed by atoms with E-state index >= 15 is 0 Å². The minimum Gasteiger partial charge on any atom is -0.496 e. The summed E-state index contributed by atoms with van der Waals surface area (Å²) in [4.78, 5) is 16.0. The van der Waals surface area contributed by atoms with Crippen molar-refractivity contribution in [3.8, 4) is 22.9 Å². The van der Waals surface area contributed by atoms with E-state index in [9.17, 15) is 5.11 Å². The summed E-state index contributed by atoms with van der Waals surface area (Å²) in [7, 11) is 3.27. The number of hydrogen-bond donors (Lipinski definition) is 1. The molecule has 0 radical (unpaired) electrons. The number of benzene rings is 1. The van der Waals surface area contributed by atoms with E-state index < -0.39 is 6.10 Å². The van der Waals surface area contributed by atoms with Crippen LogP contribution >= 0.6 is 0 Å². The van der Waals surface area contributed by atoms with Gasteiger partial charge < -0.3 is 19.5 Å². The van der Waals surface area contributed by atoms with E-state index in [-0.39, 0.29) is 0 Å². The van der Waals surface area contributed by atoms with Gasteiger partial charge in [-0.3, -0.25) is 4.98 Å². The smallest absolute Gasteiger partial charge is 0.161 e. The second-order valence-corrected chi connectivity index (χ2v) is 7.64. The highest BCUT2D eigenvalue weighted by Crippen LogP contribution is 2.42. The lowest BCUT2D eigenvalue weighted by molar-refractivity contribution is 0.169. The molecular weight excluding hydrogens is 380 g/mol. The lowest BCUT2D eigenvalue weighted by atomic mass is 9.95. The summed E-state index contributed by atoms with van der Waals surface area (Å²) >= 11 is 0. The van der Waals surface area contributed by atoms with Crippen molar-refractivity contribution in [2.75, 3.05) is 25.7 Å². The zero-order chi connectivity index (χ0) is 20.7. The van der Waals surface area contributed by atoms with Gasteiger partial charge in [0.05, 0.1) is 20.8 Å². The molecule has 30 heavy (non-hydrogen) atoms. The number of pyridine rings is 1. The van der Waals surface area contributed by atoms with Gasteiger partial charge in [-0.05, 0) is 43.5 Å². The third-order valence-electron chi connectivity index (χ3n) is 5.94. The third kappa shape index (κ3) is 3.06. The first-order chi connectivity index (χ1) is 14.7. The van der Waals surface area contributed by atoms with Crippen molar-refractivity contribution in [2.24, 2.45) is 0 Å². The van der Waals surface area contributed by atoms with E-state index in [1.165, 1.54) is 5.56 Å². The molecular formula is C23H24N4O3. The molecule has 154 valence electrons. The quantitative estimate of drug-likeness (QED) is 0.716. The van der Waals surface area contributed by atoms with E-state index in [0.717, 1.165) is 53.2 Å². The Bertz CT molecular complexity index is 1090. The van der Waals surface area contributed by atoms with Crippen molar-refractivity contribution in [3.05, 3.63) is 59.0 Å². The molecule has 3 aromatic rings. The maximum atomic E-state index is 11.0. The second kappa shape index (κ2) is 7.57. The third-order valence-corrected chi connectivity index (χ3v) is 5.94. The van der Waals surface area contributed by atoms with Gasteiger partial charge in [0.15, 0.2) is 5.82 Å². The van der Waals surface area contributed by atoms with Crippen LogP contribution in [0.25, 0.3) is 11.4 Å². The number of hydrogen-bond acceptors (Lipinski definition) is 7. The summed E-state index contributed by atoms with van der Waals surface area (Å²) in [6.07, 6.45) is 5.78. The summed E-state index contributed by atoms with van der Waals surface area (Å²) in [6, 6.07) is 7.59. The number of β-amino-alcohol motifs (C(OH)–C–C–N with tert-alkyl or cyclic N) is 1. The zero-order valence-electron chi connectivity index (χ0n) is 17.1. The first kappa shape index (κ1) is 18.8.